The minimum atomic E-state index is -0.433. The number of nitrogens with zero attached hydrogens (tertiary/aromatic N) is 4. The lowest BCUT2D eigenvalue weighted by atomic mass is 9.64. The number of rotatable bonds is 3. The zero-order valence-electron chi connectivity index (χ0n) is 22.2. The lowest BCUT2D eigenvalue weighted by Gasteiger charge is -2.54. The van der Waals surface area contributed by atoms with E-state index in [1.807, 2.05) is 29.2 Å². The van der Waals surface area contributed by atoms with Gasteiger partial charge in [0.05, 0.1) is 29.4 Å². The third-order valence-corrected chi connectivity index (χ3v) is 8.76. The quantitative estimate of drug-likeness (QED) is 0.516. The predicted octanol–water partition coefficient (Wildman–Crippen LogP) is 5.95. The van der Waals surface area contributed by atoms with Gasteiger partial charge in [-0.2, -0.15) is 0 Å². The Kier molecular flexibility index (Phi) is 7.26. The molecule has 0 N–H and O–H groups in total. The predicted molar refractivity (Wildman–Crippen MR) is 150 cm³/mol. The topological polar surface area (TPSA) is 39.2 Å². The van der Waals surface area contributed by atoms with Crippen LogP contribution < -0.4 is 4.90 Å². The molecule has 1 saturated carbocycles. The molecule has 1 aliphatic carbocycles. The summed E-state index contributed by atoms with van der Waals surface area (Å²) in [6.45, 7) is 11.0. The number of piperazine rings is 1. The summed E-state index contributed by atoms with van der Waals surface area (Å²) in [6.07, 6.45) is 5.25. The molecule has 36 heavy (non-hydrogen) atoms. The van der Waals surface area contributed by atoms with Gasteiger partial charge in [-0.05, 0) is 76.1 Å². The van der Waals surface area contributed by atoms with E-state index in [-0.39, 0.29) is 11.9 Å². The summed E-state index contributed by atoms with van der Waals surface area (Å²) >= 11 is 6.21. The van der Waals surface area contributed by atoms with Crippen LogP contribution in [0, 0.1) is 26.2 Å². The lowest BCUT2D eigenvalue weighted by molar-refractivity contribution is -0.134. The number of aryl methyl sites for hydroxylation is 3. The van der Waals surface area contributed by atoms with Crippen molar-refractivity contribution in [2.45, 2.75) is 58.9 Å². The zero-order chi connectivity index (χ0) is 25.4. The molecule has 3 fully saturated rings. The average molecular weight is 507 g/mol. The van der Waals surface area contributed by atoms with Crippen LogP contribution in [0.2, 0.25) is 5.02 Å². The zero-order valence-corrected chi connectivity index (χ0v) is 22.9. The molecule has 1 atom stereocenters. The number of likely N-dealkylation sites (N-methyl/N-ethyl adjacent to an activating group) is 1. The van der Waals surface area contributed by atoms with Crippen molar-refractivity contribution >= 4 is 34.6 Å². The second kappa shape index (κ2) is 10.3. The van der Waals surface area contributed by atoms with E-state index in [9.17, 15) is 4.79 Å². The number of carbonyl (C=O) groups is 1. The summed E-state index contributed by atoms with van der Waals surface area (Å²) in [7, 11) is 2.19. The van der Waals surface area contributed by atoms with Crippen LogP contribution in [-0.2, 0) is 4.79 Å². The number of carbonyl (C=O) groups excluding carboxylic acids is 1. The molecule has 3 aliphatic rings. The smallest absolute Gasteiger partial charge is 0.235 e. The first-order valence-corrected chi connectivity index (χ1v) is 13.8. The third kappa shape index (κ3) is 4.73. The van der Waals surface area contributed by atoms with Crippen LogP contribution in [0.4, 0.5) is 11.4 Å². The highest BCUT2D eigenvalue weighted by Gasteiger charge is 2.56. The Morgan fingerprint density at radius 1 is 0.917 bits per heavy atom. The van der Waals surface area contributed by atoms with E-state index in [0.29, 0.717) is 11.6 Å². The van der Waals surface area contributed by atoms with Gasteiger partial charge in [0, 0.05) is 36.9 Å². The molecule has 0 bridgehead atoms. The molecule has 0 aromatic heterocycles. The number of hydrogen-bond donors (Lipinski definition) is 0. The normalized spacial score (nSPS) is 24.6. The lowest BCUT2D eigenvalue weighted by Crippen LogP contribution is -2.68. The Labute approximate surface area is 221 Å². The maximum Gasteiger partial charge on any atom is 0.235 e. The molecule has 192 valence electrons. The Bertz CT molecular complexity index is 1120. The van der Waals surface area contributed by atoms with Gasteiger partial charge in [-0.1, -0.05) is 48.6 Å². The number of piperidine rings is 1. The highest BCUT2D eigenvalue weighted by Crippen LogP contribution is 2.47. The molecule has 5 rings (SSSR count). The Balaban J connectivity index is 1.66. The number of aliphatic imine (C=N–C) groups is 1. The number of anilines is 1. The summed E-state index contributed by atoms with van der Waals surface area (Å²) in [5.41, 5.74) is 6.33. The summed E-state index contributed by atoms with van der Waals surface area (Å²) in [6, 6.07) is 12.2. The van der Waals surface area contributed by atoms with Gasteiger partial charge in [0.2, 0.25) is 5.91 Å². The van der Waals surface area contributed by atoms with E-state index in [2.05, 4.69) is 49.8 Å². The van der Waals surface area contributed by atoms with Gasteiger partial charge in [-0.3, -0.25) is 14.7 Å². The molecule has 1 spiro atoms. The van der Waals surface area contributed by atoms with Crippen LogP contribution in [0.1, 0.15) is 48.8 Å². The summed E-state index contributed by atoms with van der Waals surface area (Å²) < 4.78 is 0. The van der Waals surface area contributed by atoms with Crippen LogP contribution in [-0.4, -0.2) is 67.2 Å². The monoisotopic (exact) mass is 506 g/mol. The van der Waals surface area contributed by atoms with E-state index >= 15 is 0 Å². The van der Waals surface area contributed by atoms with Crippen molar-refractivity contribution in [2.75, 3.05) is 44.7 Å². The molecule has 6 heteroatoms. The standard InChI is InChI=1S/C30H39ClN4O/c1-21-18-22(2)27(23(3)19-21)32-26-20-35(25-10-8-24(31)9-11-25)29(36)30(12-6-5-7-13-30)28(26)34-16-14-33(4)15-17-34/h8-11,18-19,28H,5-7,12-17,20H2,1-4H3/b32-26-. The molecule has 2 aromatic rings. The maximum atomic E-state index is 14.5. The van der Waals surface area contributed by atoms with Crippen molar-refractivity contribution < 1.29 is 4.79 Å². The molecule has 2 aromatic carbocycles. The molecule has 1 amide bonds. The van der Waals surface area contributed by atoms with Gasteiger partial charge >= 0.3 is 0 Å². The second-order valence-corrected chi connectivity index (χ2v) is 11.6. The number of halogens is 1. The van der Waals surface area contributed by atoms with Crippen molar-refractivity contribution in [1.29, 1.82) is 0 Å². The molecule has 2 heterocycles. The number of amides is 1. The van der Waals surface area contributed by atoms with E-state index < -0.39 is 5.41 Å². The minimum absolute atomic E-state index is 0.0441. The van der Waals surface area contributed by atoms with Crippen LogP contribution in [0.3, 0.4) is 0 Å². The average Bonchev–Trinajstić information content (AvgIpc) is 2.86. The molecular formula is C30H39ClN4O. The SMILES string of the molecule is Cc1cc(C)c(/N=C2/CN(c3ccc(Cl)cc3)C(=O)C3(CCCCC3)C2N2CCN(C)CC2)c(C)c1. The molecule has 1 unspecified atom stereocenters. The maximum absolute atomic E-state index is 14.5. The van der Waals surface area contributed by atoms with E-state index in [4.69, 9.17) is 16.6 Å². The Hall–Kier alpha value is -2.21. The minimum Gasteiger partial charge on any atom is -0.306 e. The fourth-order valence-corrected chi connectivity index (χ4v) is 6.88. The number of benzene rings is 2. The van der Waals surface area contributed by atoms with Gasteiger partial charge in [-0.15, -0.1) is 0 Å². The van der Waals surface area contributed by atoms with Gasteiger partial charge in [0.15, 0.2) is 0 Å². The molecule has 5 nitrogen and oxygen atoms in total. The van der Waals surface area contributed by atoms with Crippen molar-refractivity contribution in [1.82, 2.24) is 9.80 Å². The van der Waals surface area contributed by atoms with Crippen LogP contribution in [0.15, 0.2) is 41.4 Å². The van der Waals surface area contributed by atoms with Gasteiger partial charge in [-0.25, -0.2) is 0 Å². The van der Waals surface area contributed by atoms with E-state index in [0.717, 1.165) is 68.9 Å². The second-order valence-electron chi connectivity index (χ2n) is 11.2. The summed E-state index contributed by atoms with van der Waals surface area (Å²) in [5, 5.41) is 0.686. The highest BCUT2D eigenvalue weighted by molar-refractivity contribution is 6.30. The molecule has 0 radical (unpaired) electrons. The molecule has 2 aliphatic heterocycles. The summed E-state index contributed by atoms with van der Waals surface area (Å²) in [4.78, 5) is 26.9. The third-order valence-electron chi connectivity index (χ3n) is 8.51. The fourth-order valence-electron chi connectivity index (χ4n) is 6.75. The van der Waals surface area contributed by atoms with Crippen LogP contribution >= 0.6 is 11.6 Å². The van der Waals surface area contributed by atoms with Crippen molar-refractivity contribution in [2.24, 2.45) is 10.4 Å². The first kappa shape index (κ1) is 25.4. The van der Waals surface area contributed by atoms with Crippen LogP contribution in [0.5, 0.6) is 0 Å². The number of hydrogen-bond acceptors (Lipinski definition) is 4. The molecule has 2 saturated heterocycles. The van der Waals surface area contributed by atoms with Gasteiger partial charge < -0.3 is 9.80 Å². The van der Waals surface area contributed by atoms with Crippen molar-refractivity contribution in [3.8, 4) is 0 Å². The van der Waals surface area contributed by atoms with Gasteiger partial charge in [0.1, 0.15) is 0 Å². The van der Waals surface area contributed by atoms with E-state index in [1.54, 1.807) is 0 Å². The molecular weight excluding hydrogens is 468 g/mol. The van der Waals surface area contributed by atoms with E-state index in [1.165, 1.54) is 23.1 Å². The Morgan fingerprint density at radius 2 is 1.53 bits per heavy atom. The fraction of sp³-hybridized carbons (Fsp3) is 0.533. The first-order chi connectivity index (χ1) is 17.3. The summed E-state index contributed by atoms with van der Waals surface area (Å²) in [5.74, 6) is 0.268. The Morgan fingerprint density at radius 3 is 2.14 bits per heavy atom. The largest absolute Gasteiger partial charge is 0.306 e. The van der Waals surface area contributed by atoms with Crippen molar-refractivity contribution in [3.63, 3.8) is 0 Å². The van der Waals surface area contributed by atoms with Gasteiger partial charge in [0.25, 0.3) is 0 Å². The highest BCUT2D eigenvalue weighted by atomic mass is 35.5. The van der Waals surface area contributed by atoms with Crippen molar-refractivity contribution in [3.05, 3.63) is 58.1 Å². The van der Waals surface area contributed by atoms with Crippen LogP contribution in [0.25, 0.3) is 0 Å². The first-order valence-electron chi connectivity index (χ1n) is 13.4.